The fourth-order valence-electron chi connectivity index (χ4n) is 2.76. The highest BCUT2D eigenvalue weighted by Gasteiger charge is 2.40. The second-order valence-corrected chi connectivity index (χ2v) is 5.46. The van der Waals surface area contributed by atoms with Crippen LogP contribution in [-0.4, -0.2) is 19.6 Å². The van der Waals surface area contributed by atoms with Gasteiger partial charge in [0.15, 0.2) is 0 Å². The standard InChI is InChI=1S/C16H14BF4N2O3/c1-3-25-16(24)13-8(2)26-15(23)11(7-22)14(13)10-6-9(18)4-5-12(10)17(19,20)21/h4-6,14H,3,23H2,1-2H3/q-1. The SMILES string of the molecule is CCOC(=O)C1=C(C)OC(N)=C(C#N)C1c1cc(F)ccc1[B-](F)(F)F. The number of allylic oxidation sites excluding steroid dienone is 2. The maximum absolute atomic E-state index is 13.7. The lowest BCUT2D eigenvalue weighted by Crippen LogP contribution is -2.39. The third-order valence-corrected chi connectivity index (χ3v) is 3.81. The molecule has 138 valence electrons. The molecule has 0 saturated heterocycles. The first kappa shape index (κ1) is 19.4. The van der Waals surface area contributed by atoms with E-state index in [-0.39, 0.29) is 17.9 Å². The van der Waals surface area contributed by atoms with Crippen molar-refractivity contribution < 1.29 is 31.6 Å². The number of hydrogen-bond acceptors (Lipinski definition) is 5. The number of nitriles is 1. The topological polar surface area (TPSA) is 85.3 Å². The molecule has 0 fully saturated rings. The van der Waals surface area contributed by atoms with E-state index in [0.717, 1.165) is 0 Å². The Morgan fingerprint density at radius 1 is 1.42 bits per heavy atom. The van der Waals surface area contributed by atoms with Crippen LogP contribution in [0.2, 0.25) is 0 Å². The van der Waals surface area contributed by atoms with E-state index in [1.807, 2.05) is 0 Å². The maximum Gasteiger partial charge on any atom is 0.509 e. The lowest BCUT2D eigenvalue weighted by molar-refractivity contribution is -0.139. The molecule has 0 aliphatic carbocycles. The molecule has 1 aliphatic rings. The van der Waals surface area contributed by atoms with Crippen molar-refractivity contribution in [2.45, 2.75) is 19.8 Å². The Labute approximate surface area is 146 Å². The maximum atomic E-state index is 13.7. The van der Waals surface area contributed by atoms with Crippen molar-refractivity contribution in [2.75, 3.05) is 6.61 Å². The fourth-order valence-corrected chi connectivity index (χ4v) is 2.76. The van der Waals surface area contributed by atoms with Gasteiger partial charge in [0.25, 0.3) is 0 Å². The second kappa shape index (κ2) is 7.11. The highest BCUT2D eigenvalue weighted by Crippen LogP contribution is 2.40. The molecule has 10 heteroatoms. The summed E-state index contributed by atoms with van der Waals surface area (Å²) in [6.45, 7) is -2.79. The molecule has 26 heavy (non-hydrogen) atoms. The van der Waals surface area contributed by atoms with Gasteiger partial charge in [-0.25, -0.2) is 9.18 Å². The number of carbonyl (C=O) groups is 1. The van der Waals surface area contributed by atoms with Crippen LogP contribution in [0.15, 0.2) is 41.0 Å². The minimum atomic E-state index is -5.55. The molecule has 1 aliphatic heterocycles. The van der Waals surface area contributed by atoms with E-state index in [2.05, 4.69) is 0 Å². The average molecular weight is 369 g/mol. The monoisotopic (exact) mass is 369 g/mol. The largest absolute Gasteiger partial charge is 0.509 e. The molecule has 0 radical (unpaired) electrons. The summed E-state index contributed by atoms with van der Waals surface area (Å²) in [7, 11) is 0. The van der Waals surface area contributed by atoms with Crippen LogP contribution in [0.1, 0.15) is 25.3 Å². The number of rotatable bonds is 4. The Hall–Kier alpha value is -2.96. The number of hydrogen-bond donors (Lipinski definition) is 1. The number of nitrogens with two attached hydrogens (primary N) is 1. The quantitative estimate of drug-likeness (QED) is 0.501. The fraction of sp³-hybridized carbons (Fsp3) is 0.250. The summed E-state index contributed by atoms with van der Waals surface area (Å²) >= 11 is 0. The summed E-state index contributed by atoms with van der Waals surface area (Å²) in [5.74, 6) is -4.04. The molecule has 0 aromatic heterocycles. The lowest BCUT2D eigenvalue weighted by atomic mass is 9.70. The minimum absolute atomic E-state index is 0.0529. The number of benzene rings is 1. The van der Waals surface area contributed by atoms with E-state index in [0.29, 0.717) is 18.2 Å². The predicted molar refractivity (Wildman–Crippen MR) is 85.1 cm³/mol. The highest BCUT2D eigenvalue weighted by molar-refractivity contribution is 6.74. The van der Waals surface area contributed by atoms with Gasteiger partial charge < -0.3 is 28.2 Å². The molecule has 0 amide bonds. The van der Waals surface area contributed by atoms with Crippen molar-refractivity contribution in [3.05, 3.63) is 52.4 Å². The molecule has 0 bridgehead atoms. The first-order valence-corrected chi connectivity index (χ1v) is 7.56. The molecule has 1 heterocycles. The van der Waals surface area contributed by atoms with E-state index in [9.17, 15) is 27.4 Å². The van der Waals surface area contributed by atoms with Crippen molar-refractivity contribution >= 4 is 18.4 Å². The molecular weight excluding hydrogens is 355 g/mol. The molecule has 0 spiro atoms. The van der Waals surface area contributed by atoms with Crippen LogP contribution in [0.3, 0.4) is 0 Å². The lowest BCUT2D eigenvalue weighted by Gasteiger charge is -2.30. The second-order valence-electron chi connectivity index (χ2n) is 5.46. The summed E-state index contributed by atoms with van der Waals surface area (Å²) in [4.78, 5) is 12.3. The number of carbonyl (C=O) groups excluding carboxylic acids is 1. The summed E-state index contributed by atoms with van der Waals surface area (Å²) in [6.07, 6.45) is 0. The van der Waals surface area contributed by atoms with Crippen molar-refractivity contribution in [1.82, 2.24) is 0 Å². The van der Waals surface area contributed by atoms with E-state index in [4.69, 9.17) is 15.2 Å². The first-order chi connectivity index (χ1) is 12.1. The molecule has 1 atom stereocenters. The number of ether oxygens (including phenoxy) is 2. The van der Waals surface area contributed by atoms with Crippen molar-refractivity contribution in [1.29, 1.82) is 5.26 Å². The van der Waals surface area contributed by atoms with Gasteiger partial charge in [-0.3, -0.25) is 0 Å². The van der Waals surface area contributed by atoms with Gasteiger partial charge in [-0.15, -0.1) is 5.46 Å². The third-order valence-electron chi connectivity index (χ3n) is 3.81. The molecule has 2 rings (SSSR count). The zero-order valence-corrected chi connectivity index (χ0v) is 13.9. The van der Waals surface area contributed by atoms with Gasteiger partial charge in [-0.05, 0) is 26.0 Å². The van der Waals surface area contributed by atoms with Gasteiger partial charge in [0, 0.05) is 0 Å². The van der Waals surface area contributed by atoms with E-state index < -0.39 is 47.2 Å². The molecular formula is C16H14BF4N2O3-. The highest BCUT2D eigenvalue weighted by atomic mass is 19.4. The van der Waals surface area contributed by atoms with Gasteiger partial charge in [0.05, 0.1) is 18.1 Å². The van der Waals surface area contributed by atoms with Gasteiger partial charge >= 0.3 is 12.9 Å². The molecule has 1 unspecified atom stereocenters. The Morgan fingerprint density at radius 2 is 2.08 bits per heavy atom. The number of halogens is 4. The van der Waals surface area contributed by atoms with Crippen LogP contribution in [-0.2, 0) is 14.3 Å². The van der Waals surface area contributed by atoms with Crippen LogP contribution < -0.4 is 11.2 Å². The van der Waals surface area contributed by atoms with E-state index in [1.165, 1.54) is 13.8 Å². The Kier molecular flexibility index (Phi) is 5.30. The minimum Gasteiger partial charge on any atom is -0.463 e. The van der Waals surface area contributed by atoms with Gasteiger partial charge in [0.2, 0.25) is 5.88 Å². The summed E-state index contributed by atoms with van der Waals surface area (Å²) < 4.78 is 64.2. The Bertz CT molecular complexity index is 856. The Balaban J connectivity index is 2.81. The summed E-state index contributed by atoms with van der Waals surface area (Å²) in [6, 6.07) is 3.52. The summed E-state index contributed by atoms with van der Waals surface area (Å²) in [5, 5.41) is 9.36. The van der Waals surface area contributed by atoms with Crippen molar-refractivity contribution in [3.63, 3.8) is 0 Å². The van der Waals surface area contributed by atoms with E-state index in [1.54, 1.807) is 6.07 Å². The van der Waals surface area contributed by atoms with Crippen LogP contribution in [0, 0.1) is 17.1 Å². The molecule has 1 aromatic carbocycles. The molecule has 2 N–H and O–H groups in total. The molecule has 1 aromatic rings. The van der Waals surface area contributed by atoms with Gasteiger partial charge in [-0.2, -0.15) is 5.26 Å². The molecule has 5 nitrogen and oxygen atoms in total. The van der Waals surface area contributed by atoms with Crippen LogP contribution in [0.5, 0.6) is 0 Å². The van der Waals surface area contributed by atoms with Gasteiger partial charge in [0.1, 0.15) is 23.2 Å². The average Bonchev–Trinajstić information content (AvgIpc) is 2.53. The van der Waals surface area contributed by atoms with E-state index >= 15 is 0 Å². The number of nitrogens with zero attached hydrogens (tertiary/aromatic N) is 1. The number of esters is 1. The van der Waals surface area contributed by atoms with Crippen molar-refractivity contribution in [2.24, 2.45) is 5.73 Å². The predicted octanol–water partition coefficient (Wildman–Crippen LogP) is 2.52. The van der Waals surface area contributed by atoms with Crippen LogP contribution >= 0.6 is 0 Å². The smallest absolute Gasteiger partial charge is 0.463 e. The van der Waals surface area contributed by atoms with Crippen molar-refractivity contribution in [3.8, 4) is 6.07 Å². The van der Waals surface area contributed by atoms with Gasteiger partial charge in [-0.1, -0.05) is 11.6 Å². The van der Waals surface area contributed by atoms with Crippen LogP contribution in [0.25, 0.3) is 0 Å². The first-order valence-electron chi connectivity index (χ1n) is 7.56. The zero-order valence-electron chi connectivity index (χ0n) is 13.9. The normalized spacial score (nSPS) is 17.7. The molecule has 0 saturated carbocycles. The third kappa shape index (κ3) is 3.52. The Morgan fingerprint density at radius 3 is 2.62 bits per heavy atom. The van der Waals surface area contributed by atoms with Crippen LogP contribution in [0.4, 0.5) is 17.3 Å². The summed E-state index contributed by atoms with van der Waals surface area (Å²) in [5.41, 5.74) is 3.14. The zero-order chi connectivity index (χ0) is 19.6.